The van der Waals surface area contributed by atoms with Gasteiger partial charge in [0.05, 0.1) is 0 Å². The number of fused-ring (bicyclic) bond motifs is 1. The van der Waals surface area contributed by atoms with Gasteiger partial charge in [-0.25, -0.2) is 0 Å². The van der Waals surface area contributed by atoms with Crippen LogP contribution in [0.5, 0.6) is 5.75 Å². The predicted molar refractivity (Wildman–Crippen MR) is 94.2 cm³/mol. The molecule has 0 aliphatic heterocycles. The Morgan fingerprint density at radius 3 is 2.32 bits per heavy atom. The third-order valence-corrected chi connectivity index (χ3v) is 4.58. The Bertz CT molecular complexity index is 1080. The third kappa shape index (κ3) is 3.25. The zero-order valence-electron chi connectivity index (χ0n) is 12.8. The first-order valence-electron chi connectivity index (χ1n) is 7.16. The van der Waals surface area contributed by atoms with Gasteiger partial charge < -0.3 is 16.2 Å². The van der Waals surface area contributed by atoms with Crippen LogP contribution in [0.4, 0.5) is 11.4 Å². The first kappa shape index (κ1) is 16.7. The molecule has 0 heterocycles. The van der Waals surface area contributed by atoms with Gasteiger partial charge in [0, 0.05) is 27.7 Å². The van der Waals surface area contributed by atoms with E-state index in [1.54, 1.807) is 24.3 Å². The molecule has 3 rings (SSSR count). The maximum absolute atomic E-state index is 12.4. The molecule has 0 bridgehead atoms. The van der Waals surface area contributed by atoms with Crippen LogP contribution in [0.25, 0.3) is 10.8 Å². The molecule has 3 aromatic carbocycles. The molecule has 128 valence electrons. The van der Waals surface area contributed by atoms with Gasteiger partial charge in [0.25, 0.3) is 16.0 Å². The van der Waals surface area contributed by atoms with Crippen LogP contribution >= 0.6 is 0 Å². The van der Waals surface area contributed by atoms with Crippen molar-refractivity contribution in [1.82, 2.24) is 0 Å². The van der Waals surface area contributed by atoms with Crippen molar-refractivity contribution >= 4 is 38.2 Å². The molecule has 0 fully saturated rings. The number of phenolic OH excluding ortho intramolecular Hbond substituents is 1. The quantitative estimate of drug-likeness (QED) is 0.421. The van der Waals surface area contributed by atoms with E-state index in [4.69, 9.17) is 5.73 Å². The van der Waals surface area contributed by atoms with E-state index in [2.05, 4.69) is 5.32 Å². The number of phenols is 1. The number of nitrogens with one attached hydrogen (secondary N) is 1. The van der Waals surface area contributed by atoms with Crippen LogP contribution in [0.15, 0.2) is 59.5 Å². The molecule has 0 saturated heterocycles. The van der Waals surface area contributed by atoms with E-state index in [0.29, 0.717) is 16.9 Å². The van der Waals surface area contributed by atoms with E-state index in [0.717, 1.165) is 6.07 Å². The smallest absolute Gasteiger partial charge is 0.295 e. The van der Waals surface area contributed by atoms with Gasteiger partial charge in [0.1, 0.15) is 10.6 Å². The zero-order valence-corrected chi connectivity index (χ0v) is 13.6. The summed E-state index contributed by atoms with van der Waals surface area (Å²) in [6, 6.07) is 13.1. The number of nitrogen functional groups attached to an aromatic ring is 1. The zero-order chi connectivity index (χ0) is 18.2. The fourth-order valence-electron chi connectivity index (χ4n) is 2.51. The number of nitrogens with two attached hydrogens (primary N) is 1. The van der Waals surface area contributed by atoms with Gasteiger partial charge in [-0.1, -0.05) is 12.1 Å². The minimum atomic E-state index is -4.54. The van der Waals surface area contributed by atoms with Crippen molar-refractivity contribution in [3.8, 4) is 5.75 Å². The molecule has 0 radical (unpaired) electrons. The highest BCUT2D eigenvalue weighted by Crippen LogP contribution is 2.35. The maximum Gasteiger partial charge on any atom is 0.295 e. The number of hydrogen-bond acceptors (Lipinski definition) is 5. The molecule has 3 aromatic rings. The molecule has 7 nitrogen and oxygen atoms in total. The van der Waals surface area contributed by atoms with Crippen molar-refractivity contribution in [2.24, 2.45) is 0 Å². The van der Waals surface area contributed by atoms with Crippen molar-refractivity contribution in [2.45, 2.75) is 4.90 Å². The number of carbonyl (C=O) groups excluding carboxylic acids is 1. The Morgan fingerprint density at radius 1 is 1.00 bits per heavy atom. The summed E-state index contributed by atoms with van der Waals surface area (Å²) in [4.78, 5) is 11.9. The summed E-state index contributed by atoms with van der Waals surface area (Å²) in [7, 11) is -4.54. The predicted octanol–water partition coefficient (Wildman–Crippen LogP) is 2.63. The van der Waals surface area contributed by atoms with Crippen LogP contribution in [-0.4, -0.2) is 24.0 Å². The van der Waals surface area contributed by atoms with Crippen molar-refractivity contribution in [3.63, 3.8) is 0 Å². The van der Waals surface area contributed by atoms with Crippen molar-refractivity contribution in [1.29, 1.82) is 0 Å². The van der Waals surface area contributed by atoms with Crippen molar-refractivity contribution < 1.29 is 22.9 Å². The first-order valence-corrected chi connectivity index (χ1v) is 8.60. The van der Waals surface area contributed by atoms with E-state index in [1.807, 2.05) is 0 Å². The van der Waals surface area contributed by atoms with E-state index < -0.39 is 20.9 Å². The summed E-state index contributed by atoms with van der Waals surface area (Å²) in [5.74, 6) is -0.752. The van der Waals surface area contributed by atoms with Crippen molar-refractivity contribution in [2.75, 3.05) is 11.1 Å². The van der Waals surface area contributed by atoms with Crippen LogP contribution in [0.1, 0.15) is 10.4 Å². The van der Waals surface area contributed by atoms with Gasteiger partial charge in [0.2, 0.25) is 0 Å². The molecule has 0 atom stereocenters. The number of amides is 1. The number of anilines is 2. The SMILES string of the molecule is Nc1ccc(C(=O)Nc2ccc(S(=O)(=O)O)c3c(O)cccc23)cc1. The minimum absolute atomic E-state index is 0.0693. The standard InChI is InChI=1S/C17H14N2O5S/c18-11-6-4-10(5-7-11)17(21)19-13-8-9-15(25(22,23)24)16-12(13)2-1-3-14(16)20/h1-9,20H,18H2,(H,19,21)(H,22,23,24). The summed E-state index contributed by atoms with van der Waals surface area (Å²) in [5.41, 5.74) is 6.76. The highest BCUT2D eigenvalue weighted by molar-refractivity contribution is 7.86. The molecule has 5 N–H and O–H groups in total. The van der Waals surface area contributed by atoms with Crippen LogP contribution < -0.4 is 11.1 Å². The fraction of sp³-hybridized carbons (Fsp3) is 0. The molecular formula is C17H14N2O5S. The van der Waals surface area contributed by atoms with Gasteiger partial charge in [-0.3, -0.25) is 9.35 Å². The molecule has 0 saturated carbocycles. The highest BCUT2D eigenvalue weighted by Gasteiger charge is 2.19. The average Bonchev–Trinajstić information content (AvgIpc) is 2.55. The molecule has 0 spiro atoms. The minimum Gasteiger partial charge on any atom is -0.507 e. The average molecular weight is 358 g/mol. The van der Waals surface area contributed by atoms with Crippen LogP contribution in [0.2, 0.25) is 0 Å². The fourth-order valence-corrected chi connectivity index (χ4v) is 3.22. The second-order valence-corrected chi connectivity index (χ2v) is 6.75. The van der Waals surface area contributed by atoms with Crippen LogP contribution in [0, 0.1) is 0 Å². The molecular weight excluding hydrogens is 344 g/mol. The lowest BCUT2D eigenvalue weighted by Crippen LogP contribution is -2.12. The Balaban J connectivity index is 2.11. The molecule has 1 amide bonds. The number of aromatic hydroxyl groups is 1. The van der Waals surface area contributed by atoms with Crippen LogP contribution in [-0.2, 0) is 10.1 Å². The Labute approximate surface area is 143 Å². The van der Waals surface area contributed by atoms with Gasteiger partial charge in [0.15, 0.2) is 0 Å². The Kier molecular flexibility index (Phi) is 4.07. The number of rotatable bonds is 3. The Morgan fingerprint density at radius 2 is 1.68 bits per heavy atom. The lowest BCUT2D eigenvalue weighted by atomic mass is 10.1. The monoisotopic (exact) mass is 358 g/mol. The number of carbonyl (C=O) groups is 1. The van der Waals surface area contributed by atoms with Crippen LogP contribution in [0.3, 0.4) is 0 Å². The maximum atomic E-state index is 12.4. The first-order chi connectivity index (χ1) is 11.8. The van der Waals surface area contributed by atoms with E-state index in [1.165, 1.54) is 24.3 Å². The van der Waals surface area contributed by atoms with Gasteiger partial charge in [-0.15, -0.1) is 0 Å². The lowest BCUT2D eigenvalue weighted by molar-refractivity contribution is 0.102. The summed E-state index contributed by atoms with van der Waals surface area (Å²) >= 11 is 0. The summed E-state index contributed by atoms with van der Waals surface area (Å²) in [5, 5.41) is 12.9. The molecule has 0 aromatic heterocycles. The van der Waals surface area contributed by atoms with E-state index in [9.17, 15) is 22.9 Å². The van der Waals surface area contributed by atoms with Gasteiger partial charge >= 0.3 is 0 Å². The van der Waals surface area contributed by atoms with E-state index in [-0.39, 0.29) is 16.5 Å². The molecule has 0 aliphatic rings. The second kappa shape index (κ2) is 6.08. The van der Waals surface area contributed by atoms with Gasteiger partial charge in [-0.05, 0) is 42.5 Å². The molecule has 25 heavy (non-hydrogen) atoms. The second-order valence-electron chi connectivity index (χ2n) is 5.36. The molecule has 0 unspecified atom stereocenters. The normalized spacial score (nSPS) is 11.4. The lowest BCUT2D eigenvalue weighted by Gasteiger charge is -2.12. The molecule has 8 heteroatoms. The highest BCUT2D eigenvalue weighted by atomic mass is 32.2. The molecule has 0 aliphatic carbocycles. The topological polar surface area (TPSA) is 130 Å². The Hall–Kier alpha value is -3.10. The van der Waals surface area contributed by atoms with Gasteiger partial charge in [-0.2, -0.15) is 8.42 Å². The van der Waals surface area contributed by atoms with Crippen molar-refractivity contribution in [3.05, 3.63) is 60.2 Å². The summed E-state index contributed by atoms with van der Waals surface area (Å²) in [6.45, 7) is 0. The number of benzene rings is 3. The summed E-state index contributed by atoms with van der Waals surface area (Å²) in [6.07, 6.45) is 0. The van der Waals surface area contributed by atoms with E-state index >= 15 is 0 Å². The largest absolute Gasteiger partial charge is 0.507 e. The number of hydrogen-bond donors (Lipinski definition) is 4. The summed E-state index contributed by atoms with van der Waals surface area (Å²) < 4.78 is 32.4. The third-order valence-electron chi connectivity index (χ3n) is 3.68.